The van der Waals surface area contributed by atoms with E-state index in [1.165, 1.54) is 0 Å². The second-order valence-corrected chi connectivity index (χ2v) is 8.20. The second kappa shape index (κ2) is 9.18. The van der Waals surface area contributed by atoms with E-state index in [0.29, 0.717) is 35.0 Å². The molecule has 1 aromatic heterocycles. The largest absolute Gasteiger partial charge is 0.383 e. The summed E-state index contributed by atoms with van der Waals surface area (Å²) in [6, 6.07) is 15.4. The number of rotatable bonds is 6. The predicted molar refractivity (Wildman–Crippen MR) is 126 cm³/mol. The van der Waals surface area contributed by atoms with E-state index >= 15 is 0 Å². The van der Waals surface area contributed by atoms with Gasteiger partial charge in [-0.25, -0.2) is 0 Å². The molecular weight excluding hydrogens is 432 g/mol. The standard InChI is InChI=1S/C23H23ClN4O2S/c1-14-6-4-8-17(12-14)21-26-22(30-27-21)19-15(2)28(10-11-29-3)23(31)25-20(19)16-7-5-9-18(24)13-16/h4-9,12-13,20H,10-11H2,1-3H3,(H,25,31). The highest BCUT2D eigenvalue weighted by Crippen LogP contribution is 2.38. The molecule has 3 aromatic rings. The molecule has 1 atom stereocenters. The van der Waals surface area contributed by atoms with Crippen LogP contribution in [0.3, 0.4) is 0 Å². The average molecular weight is 455 g/mol. The molecule has 0 fully saturated rings. The maximum atomic E-state index is 6.27. The van der Waals surface area contributed by atoms with E-state index < -0.39 is 0 Å². The Morgan fingerprint density at radius 1 is 1.19 bits per heavy atom. The van der Waals surface area contributed by atoms with E-state index in [4.69, 9.17) is 38.1 Å². The van der Waals surface area contributed by atoms with Gasteiger partial charge in [0.2, 0.25) is 5.82 Å². The van der Waals surface area contributed by atoms with E-state index in [2.05, 4.69) is 10.5 Å². The number of nitrogens with zero attached hydrogens (tertiary/aromatic N) is 3. The van der Waals surface area contributed by atoms with Gasteiger partial charge in [-0.15, -0.1) is 0 Å². The lowest BCUT2D eigenvalue weighted by Crippen LogP contribution is -2.47. The summed E-state index contributed by atoms with van der Waals surface area (Å²) < 4.78 is 11.0. The Labute approximate surface area is 191 Å². The van der Waals surface area contributed by atoms with Gasteiger partial charge in [0.25, 0.3) is 5.89 Å². The first kappa shape index (κ1) is 21.5. The Bertz CT molecular complexity index is 1140. The molecule has 0 saturated heterocycles. The predicted octanol–water partition coefficient (Wildman–Crippen LogP) is 5.01. The van der Waals surface area contributed by atoms with Gasteiger partial charge in [-0.2, -0.15) is 4.98 Å². The molecule has 8 heteroatoms. The van der Waals surface area contributed by atoms with Crippen molar-refractivity contribution < 1.29 is 9.26 Å². The third-order valence-electron chi connectivity index (χ3n) is 5.23. The molecule has 0 aliphatic carbocycles. The first-order valence-electron chi connectivity index (χ1n) is 9.92. The van der Waals surface area contributed by atoms with Crippen LogP contribution in [0, 0.1) is 6.92 Å². The van der Waals surface area contributed by atoms with Crippen molar-refractivity contribution in [2.45, 2.75) is 19.9 Å². The number of benzene rings is 2. The molecule has 0 saturated carbocycles. The minimum atomic E-state index is -0.268. The number of allylic oxidation sites excluding steroid dienone is 1. The zero-order valence-corrected chi connectivity index (χ0v) is 19.1. The number of nitrogens with one attached hydrogen (secondary N) is 1. The van der Waals surface area contributed by atoms with Crippen molar-refractivity contribution in [1.29, 1.82) is 0 Å². The summed E-state index contributed by atoms with van der Waals surface area (Å²) in [6.07, 6.45) is 0. The normalized spacial score (nSPS) is 16.6. The lowest BCUT2D eigenvalue weighted by molar-refractivity contribution is 0.183. The molecule has 4 rings (SSSR count). The Kier molecular flexibility index (Phi) is 6.36. The first-order valence-corrected chi connectivity index (χ1v) is 10.7. The fraction of sp³-hybridized carbons (Fsp3) is 0.261. The van der Waals surface area contributed by atoms with Gasteiger partial charge in [-0.05, 0) is 49.8 Å². The number of thiocarbonyl (C=S) groups is 1. The van der Waals surface area contributed by atoms with E-state index in [-0.39, 0.29) is 6.04 Å². The molecule has 31 heavy (non-hydrogen) atoms. The number of halogens is 1. The average Bonchev–Trinajstić information content (AvgIpc) is 3.23. The molecule has 0 amide bonds. The van der Waals surface area contributed by atoms with E-state index in [1.807, 2.05) is 67.3 Å². The van der Waals surface area contributed by atoms with Crippen molar-refractivity contribution in [3.05, 3.63) is 76.3 Å². The molecule has 160 valence electrons. The monoisotopic (exact) mass is 454 g/mol. The zero-order valence-electron chi connectivity index (χ0n) is 17.6. The van der Waals surface area contributed by atoms with Crippen molar-refractivity contribution in [2.75, 3.05) is 20.3 Å². The summed E-state index contributed by atoms with van der Waals surface area (Å²) >= 11 is 11.9. The summed E-state index contributed by atoms with van der Waals surface area (Å²) in [7, 11) is 1.67. The number of hydrogen-bond acceptors (Lipinski definition) is 5. The van der Waals surface area contributed by atoms with Gasteiger partial charge in [-0.3, -0.25) is 0 Å². The molecule has 0 spiro atoms. The van der Waals surface area contributed by atoms with Gasteiger partial charge < -0.3 is 19.5 Å². The molecule has 1 aliphatic heterocycles. The molecule has 2 heterocycles. The topological polar surface area (TPSA) is 63.4 Å². The Balaban J connectivity index is 1.81. The van der Waals surface area contributed by atoms with Gasteiger partial charge in [0.15, 0.2) is 5.11 Å². The maximum Gasteiger partial charge on any atom is 0.258 e. The summed E-state index contributed by atoms with van der Waals surface area (Å²) in [4.78, 5) is 6.72. The third-order valence-corrected chi connectivity index (χ3v) is 5.80. The van der Waals surface area contributed by atoms with Crippen molar-refractivity contribution in [3.63, 3.8) is 0 Å². The molecule has 1 aliphatic rings. The highest BCUT2D eigenvalue weighted by Gasteiger charge is 2.34. The molecule has 2 aromatic carbocycles. The Morgan fingerprint density at radius 3 is 2.74 bits per heavy atom. The smallest absolute Gasteiger partial charge is 0.258 e. The van der Waals surface area contributed by atoms with Crippen LogP contribution < -0.4 is 5.32 Å². The van der Waals surface area contributed by atoms with Crippen LogP contribution in [-0.4, -0.2) is 40.4 Å². The highest BCUT2D eigenvalue weighted by atomic mass is 35.5. The van der Waals surface area contributed by atoms with Gasteiger partial charge in [0.05, 0.1) is 18.2 Å². The zero-order chi connectivity index (χ0) is 22.0. The minimum absolute atomic E-state index is 0.268. The van der Waals surface area contributed by atoms with E-state index in [1.54, 1.807) is 7.11 Å². The molecular formula is C23H23ClN4O2S. The number of aromatic nitrogens is 2. The van der Waals surface area contributed by atoms with Gasteiger partial charge in [0, 0.05) is 29.9 Å². The van der Waals surface area contributed by atoms with Crippen LogP contribution in [0.2, 0.25) is 5.02 Å². The van der Waals surface area contributed by atoms with Crippen LogP contribution in [0.25, 0.3) is 17.0 Å². The van der Waals surface area contributed by atoms with Crippen LogP contribution in [0.1, 0.15) is 30.0 Å². The van der Waals surface area contributed by atoms with Crippen molar-refractivity contribution in [3.8, 4) is 11.4 Å². The van der Waals surface area contributed by atoms with Crippen LogP contribution in [0.15, 0.2) is 58.8 Å². The second-order valence-electron chi connectivity index (χ2n) is 7.37. The summed E-state index contributed by atoms with van der Waals surface area (Å²) in [5.74, 6) is 0.983. The summed E-state index contributed by atoms with van der Waals surface area (Å²) in [5.41, 5.74) is 4.80. The molecule has 1 N–H and O–H groups in total. The molecule has 6 nitrogen and oxygen atoms in total. The lowest BCUT2D eigenvalue weighted by Gasteiger charge is -2.37. The molecule has 0 radical (unpaired) electrons. The van der Waals surface area contributed by atoms with Crippen molar-refractivity contribution >= 4 is 34.5 Å². The molecule has 0 bridgehead atoms. The first-order chi connectivity index (χ1) is 15.0. The SMILES string of the molecule is COCCN1C(=S)NC(c2cccc(Cl)c2)C(c2nc(-c3cccc(C)c3)no2)=C1C. The molecule has 1 unspecified atom stereocenters. The Morgan fingerprint density at radius 2 is 2.00 bits per heavy atom. The fourth-order valence-electron chi connectivity index (χ4n) is 3.68. The van der Waals surface area contributed by atoms with Crippen LogP contribution in [0.4, 0.5) is 0 Å². The quantitative estimate of drug-likeness (QED) is 0.525. The van der Waals surface area contributed by atoms with Crippen LogP contribution >= 0.6 is 23.8 Å². The third kappa shape index (κ3) is 4.49. The maximum absolute atomic E-state index is 6.27. The van der Waals surface area contributed by atoms with E-state index in [0.717, 1.165) is 28.0 Å². The van der Waals surface area contributed by atoms with Crippen molar-refractivity contribution in [1.82, 2.24) is 20.4 Å². The summed E-state index contributed by atoms with van der Waals surface area (Å²) in [6.45, 7) is 5.18. The van der Waals surface area contributed by atoms with Crippen LogP contribution in [0.5, 0.6) is 0 Å². The Hall–Kier alpha value is -2.74. The number of hydrogen-bond donors (Lipinski definition) is 1. The number of aryl methyl sites for hydroxylation is 1. The number of ether oxygens (including phenoxy) is 1. The number of methoxy groups -OCH3 is 1. The summed E-state index contributed by atoms with van der Waals surface area (Å²) in [5, 5.41) is 8.91. The van der Waals surface area contributed by atoms with E-state index in [9.17, 15) is 0 Å². The van der Waals surface area contributed by atoms with Crippen molar-refractivity contribution in [2.24, 2.45) is 0 Å². The van der Waals surface area contributed by atoms with Gasteiger partial charge >= 0.3 is 0 Å². The van der Waals surface area contributed by atoms with Crippen LogP contribution in [-0.2, 0) is 4.74 Å². The fourth-order valence-corrected chi connectivity index (χ4v) is 4.23. The minimum Gasteiger partial charge on any atom is -0.383 e. The van der Waals surface area contributed by atoms with Gasteiger partial charge in [0.1, 0.15) is 0 Å². The lowest BCUT2D eigenvalue weighted by atomic mass is 9.95. The van der Waals surface area contributed by atoms with Gasteiger partial charge in [-0.1, -0.05) is 52.7 Å². The highest BCUT2D eigenvalue weighted by molar-refractivity contribution is 7.80.